The van der Waals surface area contributed by atoms with Crippen molar-refractivity contribution in [1.29, 1.82) is 0 Å². The van der Waals surface area contributed by atoms with Crippen LogP contribution in [0.25, 0.3) is 0 Å². The summed E-state index contributed by atoms with van der Waals surface area (Å²) in [6.07, 6.45) is -5.74. The van der Waals surface area contributed by atoms with Gasteiger partial charge in [-0.05, 0) is 32.0 Å². The Kier molecular flexibility index (Phi) is 3.47. The molecule has 0 bridgehead atoms. The summed E-state index contributed by atoms with van der Waals surface area (Å²) < 4.78 is 45.9. The monoisotopic (exact) mass is 340 g/mol. The molecule has 1 N–H and O–H groups in total. The molecule has 19 heavy (non-hydrogen) atoms. The van der Waals surface area contributed by atoms with Crippen LogP contribution in [0.4, 0.5) is 13.2 Å². The highest BCUT2D eigenvalue weighted by Crippen LogP contribution is 2.44. The van der Waals surface area contributed by atoms with Crippen molar-refractivity contribution in [3.63, 3.8) is 0 Å². The van der Waals surface area contributed by atoms with Gasteiger partial charge in [-0.3, -0.25) is 0 Å². The number of hydrogen-bond donors (Lipinski definition) is 1. The van der Waals surface area contributed by atoms with Crippen LogP contribution in [-0.4, -0.2) is 21.9 Å². The van der Waals surface area contributed by atoms with Gasteiger partial charge in [0.25, 0.3) is 0 Å². The first-order valence-electron chi connectivity index (χ1n) is 5.51. The Labute approximate surface area is 116 Å². The van der Waals surface area contributed by atoms with Crippen LogP contribution in [0, 0.1) is 0 Å². The predicted molar refractivity (Wildman–Crippen MR) is 65.5 cm³/mol. The van der Waals surface area contributed by atoms with Crippen molar-refractivity contribution < 1.29 is 27.8 Å². The zero-order valence-corrected chi connectivity index (χ0v) is 11.7. The smallest absolute Gasteiger partial charge is 0.486 e. The Bertz CT molecular complexity index is 488. The lowest BCUT2D eigenvalue weighted by Crippen LogP contribution is -2.45. The number of alkyl halides is 4. The number of hydrogen-bond acceptors (Lipinski definition) is 3. The molecule has 2 rings (SSSR count). The van der Waals surface area contributed by atoms with Crippen molar-refractivity contribution >= 4 is 15.9 Å². The maximum absolute atomic E-state index is 12.1. The number of benzene rings is 1. The topological polar surface area (TPSA) is 38.7 Å². The summed E-state index contributed by atoms with van der Waals surface area (Å²) in [7, 11) is 0. The van der Waals surface area contributed by atoms with Gasteiger partial charge in [0.05, 0.1) is 10.9 Å². The molecule has 1 aliphatic rings. The number of rotatable bonds is 1. The Morgan fingerprint density at radius 2 is 2.00 bits per heavy atom. The van der Waals surface area contributed by atoms with Crippen molar-refractivity contribution in [2.45, 2.75) is 36.7 Å². The molecule has 2 atom stereocenters. The van der Waals surface area contributed by atoms with Gasteiger partial charge in [-0.25, -0.2) is 0 Å². The quantitative estimate of drug-likeness (QED) is 0.794. The molecular weight excluding hydrogens is 329 g/mol. The molecule has 1 aliphatic heterocycles. The summed E-state index contributed by atoms with van der Waals surface area (Å²) >= 11 is 3.29. The van der Waals surface area contributed by atoms with Crippen LogP contribution in [0.5, 0.6) is 11.5 Å². The van der Waals surface area contributed by atoms with E-state index in [0.717, 1.165) is 12.1 Å². The summed E-state index contributed by atoms with van der Waals surface area (Å²) in [5.41, 5.74) is -0.401. The fraction of sp³-hybridized carbons (Fsp3) is 0.500. The second-order valence-electron chi connectivity index (χ2n) is 4.80. The standard InChI is InChI=1S/C12H12BrF3O3/c1-11(2)10(13)9(17)7-5-6(18-12(14,15)16)3-4-8(7)19-11/h3-5,9-10,17H,1-2H3/t9-,10+/m1/s1. The van der Waals surface area contributed by atoms with E-state index >= 15 is 0 Å². The normalized spacial score (nSPS) is 25.4. The average molecular weight is 341 g/mol. The lowest BCUT2D eigenvalue weighted by molar-refractivity contribution is -0.274. The number of fused-ring (bicyclic) bond motifs is 1. The molecule has 0 aliphatic carbocycles. The predicted octanol–water partition coefficient (Wildman–Crippen LogP) is 3.55. The SMILES string of the molecule is CC1(C)Oc2ccc(OC(F)(F)F)cc2[C@@H](O)[C@@H]1Br. The van der Waals surface area contributed by atoms with Crippen LogP contribution in [0.2, 0.25) is 0 Å². The van der Waals surface area contributed by atoms with Gasteiger partial charge in [0.1, 0.15) is 17.1 Å². The summed E-state index contributed by atoms with van der Waals surface area (Å²) in [6.45, 7) is 3.55. The molecule has 1 aromatic carbocycles. The van der Waals surface area contributed by atoms with Gasteiger partial charge >= 0.3 is 6.36 Å². The second-order valence-corrected chi connectivity index (χ2v) is 5.79. The minimum atomic E-state index is -4.76. The van der Waals surface area contributed by atoms with E-state index in [0.29, 0.717) is 5.75 Å². The van der Waals surface area contributed by atoms with Gasteiger partial charge in [-0.15, -0.1) is 13.2 Å². The van der Waals surface area contributed by atoms with Crippen LogP contribution in [0.3, 0.4) is 0 Å². The molecule has 0 spiro atoms. The van der Waals surface area contributed by atoms with E-state index in [1.54, 1.807) is 13.8 Å². The summed E-state index contributed by atoms with van der Waals surface area (Å²) in [6, 6.07) is 3.65. The van der Waals surface area contributed by atoms with E-state index in [9.17, 15) is 18.3 Å². The third kappa shape index (κ3) is 2.97. The van der Waals surface area contributed by atoms with Gasteiger partial charge in [-0.2, -0.15) is 0 Å². The Morgan fingerprint density at radius 1 is 1.37 bits per heavy atom. The largest absolute Gasteiger partial charge is 0.573 e. The summed E-state index contributed by atoms with van der Waals surface area (Å²) in [4.78, 5) is -0.436. The molecule has 0 amide bonds. The molecule has 0 fully saturated rings. The Hall–Kier alpha value is -0.950. The fourth-order valence-corrected chi connectivity index (χ4v) is 2.30. The Morgan fingerprint density at radius 3 is 2.58 bits per heavy atom. The van der Waals surface area contributed by atoms with Crippen LogP contribution in [0.15, 0.2) is 18.2 Å². The van der Waals surface area contributed by atoms with Crippen LogP contribution < -0.4 is 9.47 Å². The van der Waals surface area contributed by atoms with E-state index in [-0.39, 0.29) is 11.3 Å². The zero-order chi connectivity index (χ0) is 14.4. The molecule has 0 saturated heterocycles. The highest BCUT2D eigenvalue weighted by molar-refractivity contribution is 9.09. The third-order valence-corrected chi connectivity index (χ3v) is 4.45. The number of aliphatic hydroxyl groups is 1. The highest BCUT2D eigenvalue weighted by atomic mass is 79.9. The summed E-state index contributed by atoms with van der Waals surface area (Å²) in [5.74, 6) is -0.0315. The van der Waals surface area contributed by atoms with E-state index in [1.807, 2.05) is 0 Å². The van der Waals surface area contributed by atoms with Crippen molar-refractivity contribution in [3.05, 3.63) is 23.8 Å². The van der Waals surface area contributed by atoms with E-state index < -0.39 is 22.9 Å². The molecule has 7 heteroatoms. The van der Waals surface area contributed by atoms with Gasteiger partial charge in [0, 0.05) is 5.56 Å². The van der Waals surface area contributed by atoms with Crippen molar-refractivity contribution in [2.24, 2.45) is 0 Å². The van der Waals surface area contributed by atoms with E-state index in [4.69, 9.17) is 4.74 Å². The molecular formula is C12H12BrF3O3. The second kappa shape index (κ2) is 4.56. The van der Waals surface area contributed by atoms with Gasteiger partial charge in [0.2, 0.25) is 0 Å². The molecule has 3 nitrogen and oxygen atoms in total. The minimum Gasteiger partial charge on any atom is -0.486 e. The van der Waals surface area contributed by atoms with Gasteiger partial charge < -0.3 is 14.6 Å². The van der Waals surface area contributed by atoms with Gasteiger partial charge in [0.15, 0.2) is 0 Å². The van der Waals surface area contributed by atoms with E-state index in [2.05, 4.69) is 20.7 Å². The number of aliphatic hydroxyl groups excluding tert-OH is 1. The van der Waals surface area contributed by atoms with Crippen LogP contribution in [0.1, 0.15) is 25.5 Å². The number of halogens is 4. The first kappa shape index (κ1) is 14.5. The van der Waals surface area contributed by atoms with Crippen LogP contribution >= 0.6 is 15.9 Å². The summed E-state index contributed by atoms with van der Waals surface area (Å²) in [5, 5.41) is 10.1. The molecule has 0 unspecified atom stereocenters. The molecule has 0 saturated carbocycles. The molecule has 106 valence electrons. The third-order valence-electron chi connectivity index (χ3n) is 2.85. The first-order valence-corrected chi connectivity index (χ1v) is 6.42. The van der Waals surface area contributed by atoms with Crippen molar-refractivity contribution in [3.8, 4) is 11.5 Å². The fourth-order valence-electron chi connectivity index (χ4n) is 1.93. The molecule has 0 aromatic heterocycles. The minimum absolute atomic E-state index is 0.267. The number of ether oxygens (including phenoxy) is 2. The molecule has 1 aromatic rings. The zero-order valence-electron chi connectivity index (χ0n) is 10.2. The van der Waals surface area contributed by atoms with E-state index in [1.165, 1.54) is 6.07 Å². The molecule has 1 heterocycles. The lowest BCUT2D eigenvalue weighted by atomic mass is 9.91. The first-order chi connectivity index (χ1) is 8.60. The maximum atomic E-state index is 12.1. The molecule has 0 radical (unpaired) electrons. The Balaban J connectivity index is 2.36. The highest BCUT2D eigenvalue weighted by Gasteiger charge is 2.42. The lowest BCUT2D eigenvalue weighted by Gasteiger charge is -2.40. The maximum Gasteiger partial charge on any atom is 0.573 e. The van der Waals surface area contributed by atoms with Crippen molar-refractivity contribution in [1.82, 2.24) is 0 Å². The van der Waals surface area contributed by atoms with Gasteiger partial charge in [-0.1, -0.05) is 15.9 Å². The van der Waals surface area contributed by atoms with Crippen molar-refractivity contribution in [2.75, 3.05) is 0 Å². The average Bonchev–Trinajstić information content (AvgIpc) is 2.25. The van der Waals surface area contributed by atoms with Crippen LogP contribution in [-0.2, 0) is 0 Å².